The smallest absolute Gasteiger partial charge is 0.338 e. The molecule has 6 heteroatoms. The number of nitrogens with zero attached hydrogens (tertiary/aromatic N) is 1. The van der Waals surface area contributed by atoms with Crippen LogP contribution in [0.5, 0.6) is 5.75 Å². The van der Waals surface area contributed by atoms with Crippen LogP contribution in [-0.2, 0) is 16.1 Å². The molecule has 6 nitrogen and oxygen atoms in total. The Morgan fingerprint density at radius 2 is 1.57 bits per heavy atom. The van der Waals surface area contributed by atoms with Crippen LogP contribution in [0.2, 0.25) is 0 Å². The molecule has 0 radical (unpaired) electrons. The van der Waals surface area contributed by atoms with Crippen molar-refractivity contribution in [3.05, 3.63) is 77.7 Å². The van der Waals surface area contributed by atoms with Gasteiger partial charge in [-0.05, 0) is 54.4 Å². The van der Waals surface area contributed by atoms with Crippen LogP contribution in [0, 0.1) is 6.92 Å². The van der Waals surface area contributed by atoms with Crippen molar-refractivity contribution in [3.63, 3.8) is 0 Å². The lowest BCUT2D eigenvalue weighted by Gasteiger charge is -2.15. The standard InChI is InChI=1S/C22H21NO5/c1-15-3-12-20(28-15)13-23(2)21(25)14-27-22(26)18-6-4-16(5-7-18)17-8-10-19(24)11-9-17/h3-12,24H,13-14H2,1-2H3. The molecule has 0 saturated carbocycles. The number of rotatable bonds is 6. The predicted octanol–water partition coefficient (Wildman–Crippen LogP) is 3.78. The molecule has 0 spiro atoms. The Morgan fingerprint density at radius 1 is 0.964 bits per heavy atom. The Balaban J connectivity index is 1.54. The van der Waals surface area contributed by atoms with Gasteiger partial charge in [-0.25, -0.2) is 4.79 Å². The number of hydrogen-bond acceptors (Lipinski definition) is 5. The summed E-state index contributed by atoms with van der Waals surface area (Å²) in [7, 11) is 1.63. The highest BCUT2D eigenvalue weighted by Crippen LogP contribution is 2.22. The first kappa shape index (κ1) is 19.2. The van der Waals surface area contributed by atoms with Gasteiger partial charge in [-0.2, -0.15) is 0 Å². The largest absolute Gasteiger partial charge is 0.508 e. The van der Waals surface area contributed by atoms with Gasteiger partial charge in [-0.15, -0.1) is 0 Å². The van der Waals surface area contributed by atoms with Crippen molar-refractivity contribution >= 4 is 11.9 Å². The van der Waals surface area contributed by atoms with Gasteiger partial charge in [0, 0.05) is 7.05 Å². The van der Waals surface area contributed by atoms with Crippen molar-refractivity contribution in [2.45, 2.75) is 13.5 Å². The normalized spacial score (nSPS) is 10.5. The number of carbonyl (C=O) groups is 2. The number of hydrogen-bond donors (Lipinski definition) is 1. The third-order valence-electron chi connectivity index (χ3n) is 4.26. The summed E-state index contributed by atoms with van der Waals surface area (Å²) in [6.45, 7) is 1.81. The van der Waals surface area contributed by atoms with E-state index in [1.807, 2.05) is 13.0 Å². The van der Waals surface area contributed by atoms with E-state index >= 15 is 0 Å². The van der Waals surface area contributed by atoms with Gasteiger partial charge in [0.25, 0.3) is 5.91 Å². The van der Waals surface area contributed by atoms with Gasteiger partial charge < -0.3 is 19.2 Å². The quantitative estimate of drug-likeness (QED) is 0.660. The summed E-state index contributed by atoms with van der Waals surface area (Å²) in [6, 6.07) is 17.3. The Bertz CT molecular complexity index is 957. The Kier molecular flexibility index (Phi) is 5.79. The monoisotopic (exact) mass is 379 g/mol. The van der Waals surface area contributed by atoms with Crippen LogP contribution in [0.15, 0.2) is 65.1 Å². The van der Waals surface area contributed by atoms with Crippen molar-refractivity contribution in [1.82, 2.24) is 4.90 Å². The van der Waals surface area contributed by atoms with E-state index in [2.05, 4.69) is 0 Å². The predicted molar refractivity (Wildman–Crippen MR) is 104 cm³/mol. The first-order valence-corrected chi connectivity index (χ1v) is 8.78. The van der Waals surface area contributed by atoms with E-state index < -0.39 is 5.97 Å². The Hall–Kier alpha value is -3.54. The second-order valence-corrected chi connectivity index (χ2v) is 6.46. The third kappa shape index (κ3) is 4.79. The molecule has 0 aliphatic heterocycles. The molecule has 1 heterocycles. The molecule has 0 atom stereocenters. The number of amides is 1. The molecule has 1 amide bonds. The van der Waals surface area contributed by atoms with Crippen LogP contribution >= 0.6 is 0 Å². The molecule has 0 aliphatic carbocycles. The highest BCUT2D eigenvalue weighted by molar-refractivity contribution is 5.91. The molecule has 144 valence electrons. The molecule has 3 aromatic rings. The number of phenols is 1. The molecule has 0 aliphatic rings. The van der Waals surface area contributed by atoms with Crippen molar-refractivity contribution in [1.29, 1.82) is 0 Å². The molecule has 1 aromatic heterocycles. The molecular weight excluding hydrogens is 358 g/mol. The zero-order valence-electron chi connectivity index (χ0n) is 15.7. The zero-order chi connectivity index (χ0) is 20.1. The number of carbonyl (C=O) groups excluding carboxylic acids is 2. The topological polar surface area (TPSA) is 80.0 Å². The number of aromatic hydroxyl groups is 1. The van der Waals surface area contributed by atoms with Crippen LogP contribution in [0.4, 0.5) is 0 Å². The summed E-state index contributed by atoms with van der Waals surface area (Å²) in [6.07, 6.45) is 0. The number of ether oxygens (including phenoxy) is 1. The van der Waals surface area contributed by atoms with E-state index in [0.29, 0.717) is 17.9 Å². The van der Waals surface area contributed by atoms with Crippen LogP contribution < -0.4 is 0 Å². The minimum atomic E-state index is -0.562. The Labute approximate surface area is 163 Å². The highest BCUT2D eigenvalue weighted by Gasteiger charge is 2.15. The number of phenolic OH excluding ortho intramolecular Hbond substituents is 1. The van der Waals surface area contributed by atoms with E-state index in [0.717, 1.165) is 16.9 Å². The molecule has 0 unspecified atom stereocenters. The number of benzene rings is 2. The van der Waals surface area contributed by atoms with Crippen LogP contribution in [0.3, 0.4) is 0 Å². The lowest BCUT2D eigenvalue weighted by Crippen LogP contribution is -2.30. The van der Waals surface area contributed by atoms with Crippen molar-refractivity contribution in [3.8, 4) is 16.9 Å². The average Bonchev–Trinajstić information content (AvgIpc) is 3.11. The second kappa shape index (κ2) is 8.43. The van der Waals surface area contributed by atoms with Gasteiger partial charge in [-0.1, -0.05) is 24.3 Å². The number of likely N-dealkylation sites (N-methyl/N-ethyl adjacent to an activating group) is 1. The van der Waals surface area contributed by atoms with E-state index in [4.69, 9.17) is 9.15 Å². The van der Waals surface area contributed by atoms with Gasteiger partial charge in [-0.3, -0.25) is 4.79 Å². The number of esters is 1. The van der Waals surface area contributed by atoms with E-state index in [1.54, 1.807) is 61.6 Å². The summed E-state index contributed by atoms with van der Waals surface area (Å²) in [4.78, 5) is 25.8. The lowest BCUT2D eigenvalue weighted by molar-refractivity contribution is -0.134. The van der Waals surface area contributed by atoms with Gasteiger partial charge >= 0.3 is 5.97 Å². The fourth-order valence-electron chi connectivity index (χ4n) is 2.67. The summed E-state index contributed by atoms with van der Waals surface area (Å²) in [5, 5.41) is 9.35. The van der Waals surface area contributed by atoms with E-state index in [-0.39, 0.29) is 18.3 Å². The molecule has 0 fully saturated rings. The summed E-state index contributed by atoms with van der Waals surface area (Å²) in [5.41, 5.74) is 2.18. The molecule has 0 saturated heterocycles. The fraction of sp³-hybridized carbons (Fsp3) is 0.182. The molecular formula is C22H21NO5. The molecule has 1 N–H and O–H groups in total. The van der Waals surface area contributed by atoms with Crippen LogP contribution in [-0.4, -0.2) is 35.5 Å². The average molecular weight is 379 g/mol. The fourth-order valence-corrected chi connectivity index (χ4v) is 2.67. The van der Waals surface area contributed by atoms with Gasteiger partial charge in [0.15, 0.2) is 6.61 Å². The van der Waals surface area contributed by atoms with Crippen LogP contribution in [0.1, 0.15) is 21.9 Å². The first-order chi connectivity index (χ1) is 13.4. The van der Waals surface area contributed by atoms with E-state index in [9.17, 15) is 14.7 Å². The summed E-state index contributed by atoms with van der Waals surface area (Å²) < 4.78 is 10.6. The van der Waals surface area contributed by atoms with Gasteiger partial charge in [0.05, 0.1) is 12.1 Å². The summed E-state index contributed by atoms with van der Waals surface area (Å²) in [5.74, 6) is 0.763. The van der Waals surface area contributed by atoms with Crippen molar-refractivity contribution < 1.29 is 23.8 Å². The maximum atomic E-state index is 12.2. The van der Waals surface area contributed by atoms with Crippen LogP contribution in [0.25, 0.3) is 11.1 Å². The van der Waals surface area contributed by atoms with Crippen molar-refractivity contribution in [2.75, 3.05) is 13.7 Å². The van der Waals surface area contributed by atoms with E-state index in [1.165, 1.54) is 4.90 Å². The van der Waals surface area contributed by atoms with Crippen molar-refractivity contribution in [2.24, 2.45) is 0 Å². The minimum absolute atomic E-state index is 0.195. The van der Waals surface area contributed by atoms with Gasteiger partial charge in [0.1, 0.15) is 17.3 Å². The lowest BCUT2D eigenvalue weighted by atomic mass is 10.0. The number of furan rings is 1. The maximum absolute atomic E-state index is 12.2. The highest BCUT2D eigenvalue weighted by atomic mass is 16.5. The summed E-state index contributed by atoms with van der Waals surface area (Å²) >= 11 is 0. The molecule has 3 rings (SSSR count). The molecule has 2 aromatic carbocycles. The van der Waals surface area contributed by atoms with Gasteiger partial charge in [0.2, 0.25) is 0 Å². The molecule has 28 heavy (non-hydrogen) atoms. The SMILES string of the molecule is Cc1ccc(CN(C)C(=O)COC(=O)c2ccc(-c3ccc(O)cc3)cc2)o1. The zero-order valence-corrected chi connectivity index (χ0v) is 15.7. The first-order valence-electron chi connectivity index (χ1n) is 8.78. The minimum Gasteiger partial charge on any atom is -0.508 e. The maximum Gasteiger partial charge on any atom is 0.338 e. The second-order valence-electron chi connectivity index (χ2n) is 6.46. The Morgan fingerprint density at radius 3 is 2.14 bits per heavy atom. The third-order valence-corrected chi connectivity index (χ3v) is 4.26. The number of aryl methyl sites for hydroxylation is 1. The molecule has 0 bridgehead atoms.